The third-order valence-corrected chi connectivity index (χ3v) is 1.49. The molecule has 0 saturated carbocycles. The lowest BCUT2D eigenvalue weighted by atomic mass is 10.1. The number of alkyl halides is 6. The summed E-state index contributed by atoms with van der Waals surface area (Å²) in [5, 5.41) is 0. The monoisotopic (exact) mass is 233 g/mol. The van der Waals surface area contributed by atoms with Crippen molar-refractivity contribution in [2.24, 2.45) is 0 Å². The maximum Gasteiger partial charge on any atom is 0.419 e. The van der Waals surface area contributed by atoms with Crippen molar-refractivity contribution in [1.29, 1.82) is 0 Å². The van der Waals surface area contributed by atoms with Gasteiger partial charge in [0.15, 0.2) is 5.82 Å². The Morgan fingerprint density at radius 3 is 1.73 bits per heavy atom. The smallest absolute Gasteiger partial charge is 0.261 e. The van der Waals surface area contributed by atoms with Crippen molar-refractivity contribution in [1.82, 2.24) is 4.98 Å². The maximum atomic E-state index is 12.6. The fraction of sp³-hybridized carbons (Fsp3) is 0.286. The van der Waals surface area contributed by atoms with E-state index < -0.39 is 29.3 Å². The molecule has 0 aliphatic carbocycles. The Labute approximate surface area is 78.5 Å². The summed E-state index contributed by atoms with van der Waals surface area (Å²) >= 11 is 0. The average molecular weight is 233 g/mol. The Bertz CT molecular complexity index is 365. The average Bonchev–Trinajstić information content (AvgIpc) is 1.99. The molecular weight excluding hydrogens is 231 g/mol. The first-order valence-corrected chi connectivity index (χ1v) is 3.42. The van der Waals surface area contributed by atoms with Crippen LogP contribution < -0.4 is 0 Å². The molecule has 1 nitrogen and oxygen atoms in total. The summed E-state index contributed by atoms with van der Waals surface area (Å²) in [6.07, 6.45) is -10.7. The Hall–Kier alpha value is -1.34. The van der Waals surface area contributed by atoms with E-state index in [-0.39, 0.29) is 12.4 Å². The minimum Gasteiger partial charge on any atom is -0.261 e. The predicted molar refractivity (Wildman–Crippen MR) is 34.2 cm³/mol. The summed E-state index contributed by atoms with van der Waals surface area (Å²) in [6, 6.07) is 0. The summed E-state index contributed by atoms with van der Waals surface area (Å²) in [6.45, 7) is 0. The van der Waals surface area contributed by atoms with Gasteiger partial charge in [0.2, 0.25) is 0 Å². The SMILES string of the molecule is Fc1cncc(C(F)(F)F)c1C(F)(F)F. The molecule has 1 aromatic heterocycles. The van der Waals surface area contributed by atoms with Crippen LogP contribution in [0.1, 0.15) is 11.1 Å². The number of hydrogen-bond acceptors (Lipinski definition) is 1. The molecule has 0 aromatic carbocycles. The van der Waals surface area contributed by atoms with Crippen molar-refractivity contribution in [3.63, 3.8) is 0 Å². The van der Waals surface area contributed by atoms with Crippen LogP contribution in [0.15, 0.2) is 12.4 Å². The lowest BCUT2D eigenvalue weighted by Gasteiger charge is -2.14. The molecule has 84 valence electrons. The van der Waals surface area contributed by atoms with Crippen LogP contribution in [-0.4, -0.2) is 4.98 Å². The van der Waals surface area contributed by atoms with Crippen LogP contribution in [0.25, 0.3) is 0 Å². The highest BCUT2D eigenvalue weighted by molar-refractivity contribution is 5.30. The summed E-state index contributed by atoms with van der Waals surface area (Å²) < 4.78 is 85.0. The van der Waals surface area contributed by atoms with E-state index in [1.165, 1.54) is 0 Å². The quantitative estimate of drug-likeness (QED) is 0.626. The molecule has 0 aliphatic heterocycles. The van der Waals surface area contributed by atoms with Gasteiger partial charge in [-0.05, 0) is 0 Å². The van der Waals surface area contributed by atoms with E-state index in [1.807, 2.05) is 0 Å². The zero-order valence-corrected chi connectivity index (χ0v) is 6.75. The number of nitrogens with zero attached hydrogens (tertiary/aromatic N) is 1. The third-order valence-electron chi connectivity index (χ3n) is 1.49. The molecule has 0 N–H and O–H groups in total. The van der Waals surface area contributed by atoms with Crippen LogP contribution in [0.5, 0.6) is 0 Å². The van der Waals surface area contributed by atoms with Crippen molar-refractivity contribution < 1.29 is 30.7 Å². The highest BCUT2D eigenvalue weighted by atomic mass is 19.4. The molecule has 1 heterocycles. The molecule has 0 spiro atoms. The van der Waals surface area contributed by atoms with Crippen LogP contribution in [0.3, 0.4) is 0 Å². The molecule has 0 saturated heterocycles. The van der Waals surface area contributed by atoms with Gasteiger partial charge in [0.05, 0.1) is 11.8 Å². The van der Waals surface area contributed by atoms with E-state index >= 15 is 0 Å². The van der Waals surface area contributed by atoms with Crippen molar-refractivity contribution in [2.75, 3.05) is 0 Å². The van der Waals surface area contributed by atoms with Crippen molar-refractivity contribution >= 4 is 0 Å². The lowest BCUT2D eigenvalue weighted by Crippen LogP contribution is -2.18. The van der Waals surface area contributed by atoms with Crippen LogP contribution in [-0.2, 0) is 12.4 Å². The fourth-order valence-corrected chi connectivity index (χ4v) is 0.938. The Kier molecular flexibility index (Phi) is 2.62. The van der Waals surface area contributed by atoms with Crippen molar-refractivity contribution in [3.05, 3.63) is 29.3 Å². The van der Waals surface area contributed by atoms with Gasteiger partial charge in [-0.3, -0.25) is 4.98 Å². The van der Waals surface area contributed by atoms with E-state index in [4.69, 9.17) is 0 Å². The summed E-state index contributed by atoms with van der Waals surface area (Å²) in [5.41, 5.74) is -4.47. The topological polar surface area (TPSA) is 12.9 Å². The molecule has 0 aliphatic rings. The number of pyridine rings is 1. The fourth-order valence-electron chi connectivity index (χ4n) is 0.938. The van der Waals surface area contributed by atoms with Crippen molar-refractivity contribution in [3.8, 4) is 0 Å². The first-order valence-electron chi connectivity index (χ1n) is 3.42. The lowest BCUT2D eigenvalue weighted by molar-refractivity contribution is -0.164. The molecule has 0 radical (unpaired) electrons. The third kappa shape index (κ3) is 2.37. The van der Waals surface area contributed by atoms with Gasteiger partial charge < -0.3 is 0 Å². The van der Waals surface area contributed by atoms with Gasteiger partial charge in [-0.15, -0.1) is 0 Å². The molecule has 0 atom stereocenters. The van der Waals surface area contributed by atoms with E-state index in [0.29, 0.717) is 0 Å². The van der Waals surface area contributed by atoms with Gasteiger partial charge in [0, 0.05) is 6.20 Å². The Morgan fingerprint density at radius 2 is 1.40 bits per heavy atom. The second-order valence-electron chi connectivity index (χ2n) is 2.54. The molecule has 0 amide bonds. The molecule has 0 fully saturated rings. The normalized spacial score (nSPS) is 13.0. The molecule has 1 aromatic rings. The van der Waals surface area contributed by atoms with Gasteiger partial charge in [-0.1, -0.05) is 0 Å². The maximum absolute atomic E-state index is 12.6. The summed E-state index contributed by atoms with van der Waals surface area (Å²) in [7, 11) is 0. The minimum absolute atomic E-state index is 0.0636. The second kappa shape index (κ2) is 3.35. The van der Waals surface area contributed by atoms with E-state index in [2.05, 4.69) is 4.98 Å². The number of aromatic nitrogens is 1. The summed E-state index contributed by atoms with van der Waals surface area (Å²) in [4.78, 5) is 2.73. The first kappa shape index (κ1) is 11.7. The zero-order valence-electron chi connectivity index (χ0n) is 6.75. The van der Waals surface area contributed by atoms with Crippen LogP contribution in [0.4, 0.5) is 30.7 Å². The standard InChI is InChI=1S/C7H2F7N/c8-4-2-15-1-3(6(9,10)11)5(4)7(12,13)14/h1-2H. The highest BCUT2D eigenvalue weighted by Gasteiger charge is 2.45. The van der Waals surface area contributed by atoms with Gasteiger partial charge in [0.1, 0.15) is 5.56 Å². The van der Waals surface area contributed by atoms with E-state index in [0.717, 1.165) is 0 Å². The second-order valence-corrected chi connectivity index (χ2v) is 2.54. The molecule has 0 bridgehead atoms. The van der Waals surface area contributed by atoms with Gasteiger partial charge in [-0.2, -0.15) is 26.3 Å². The van der Waals surface area contributed by atoms with Crippen molar-refractivity contribution in [2.45, 2.75) is 12.4 Å². The molecule has 1 rings (SSSR count). The van der Waals surface area contributed by atoms with Crippen LogP contribution >= 0.6 is 0 Å². The molecule has 0 unspecified atom stereocenters. The molecular formula is C7H2F7N. The highest BCUT2D eigenvalue weighted by Crippen LogP contribution is 2.40. The van der Waals surface area contributed by atoms with Gasteiger partial charge in [0.25, 0.3) is 0 Å². The predicted octanol–water partition coefficient (Wildman–Crippen LogP) is 3.26. The number of hydrogen-bond donors (Lipinski definition) is 0. The Balaban J connectivity index is 3.48. The molecule has 15 heavy (non-hydrogen) atoms. The minimum atomic E-state index is -5.40. The van der Waals surface area contributed by atoms with E-state index in [9.17, 15) is 30.7 Å². The van der Waals surface area contributed by atoms with Crippen LogP contribution in [0.2, 0.25) is 0 Å². The first-order chi connectivity index (χ1) is 6.64. The number of rotatable bonds is 0. The largest absolute Gasteiger partial charge is 0.419 e. The summed E-state index contributed by atoms with van der Waals surface area (Å²) in [5.74, 6) is -2.04. The van der Waals surface area contributed by atoms with Gasteiger partial charge in [-0.25, -0.2) is 4.39 Å². The number of halogens is 7. The Morgan fingerprint density at radius 1 is 0.867 bits per heavy atom. The van der Waals surface area contributed by atoms with Crippen LogP contribution in [0, 0.1) is 5.82 Å². The molecule has 8 heteroatoms. The van der Waals surface area contributed by atoms with Gasteiger partial charge >= 0.3 is 12.4 Å². The zero-order chi connectivity index (χ0) is 11.9. The van der Waals surface area contributed by atoms with E-state index in [1.54, 1.807) is 0 Å².